The monoisotopic (exact) mass is 337 g/mol. The van der Waals surface area contributed by atoms with Crippen LogP contribution in [0.2, 0.25) is 0 Å². The van der Waals surface area contributed by atoms with Crippen molar-refractivity contribution in [2.24, 2.45) is 0 Å². The van der Waals surface area contributed by atoms with Gasteiger partial charge in [-0.2, -0.15) is 0 Å². The number of nitrogens with zero attached hydrogens (tertiary/aromatic N) is 1. The molecule has 0 saturated carbocycles. The molecule has 0 saturated heterocycles. The van der Waals surface area contributed by atoms with Crippen LogP contribution in [0.1, 0.15) is 36.3 Å². The summed E-state index contributed by atoms with van der Waals surface area (Å²) in [6.45, 7) is 4.43. The van der Waals surface area contributed by atoms with Crippen molar-refractivity contribution in [3.05, 3.63) is 71.5 Å². The zero-order chi connectivity index (χ0) is 17.6. The van der Waals surface area contributed by atoms with Crippen LogP contribution in [0.25, 0.3) is 11.3 Å². The van der Waals surface area contributed by atoms with Gasteiger partial charge in [0, 0.05) is 12.7 Å². The number of aryl methyl sites for hydroxylation is 1. The van der Waals surface area contributed by atoms with Crippen LogP contribution in [-0.4, -0.2) is 12.3 Å². The summed E-state index contributed by atoms with van der Waals surface area (Å²) >= 11 is 0. The Balaban J connectivity index is 1.73. The van der Waals surface area contributed by atoms with Crippen LogP contribution < -0.4 is 4.74 Å². The van der Waals surface area contributed by atoms with Crippen molar-refractivity contribution in [3.8, 4) is 17.0 Å². The second-order valence-electron chi connectivity index (χ2n) is 5.92. The van der Waals surface area contributed by atoms with Crippen molar-refractivity contribution in [3.63, 3.8) is 0 Å². The largest absolute Gasteiger partial charge is 0.489 e. The molecule has 4 heteroatoms. The summed E-state index contributed by atoms with van der Waals surface area (Å²) in [5, 5.41) is 4.19. The predicted octanol–water partition coefficient (Wildman–Crippen LogP) is 5.33. The van der Waals surface area contributed by atoms with Crippen LogP contribution in [0.5, 0.6) is 5.75 Å². The van der Waals surface area contributed by atoms with Gasteiger partial charge in [0.15, 0.2) is 0 Å². The summed E-state index contributed by atoms with van der Waals surface area (Å²) < 4.78 is 16.8. The number of aromatic nitrogens is 1. The Morgan fingerprint density at radius 3 is 2.40 bits per heavy atom. The van der Waals surface area contributed by atoms with E-state index in [4.69, 9.17) is 14.0 Å². The van der Waals surface area contributed by atoms with Crippen molar-refractivity contribution in [2.45, 2.75) is 33.0 Å². The second kappa shape index (κ2) is 7.99. The lowest BCUT2D eigenvalue weighted by molar-refractivity contribution is 0.1000. The van der Waals surface area contributed by atoms with Crippen LogP contribution in [0, 0.1) is 6.92 Å². The molecule has 0 aliphatic carbocycles. The molecule has 0 fully saturated rings. The molecule has 130 valence electrons. The van der Waals surface area contributed by atoms with Gasteiger partial charge in [-0.05, 0) is 31.0 Å². The molecule has 2 aromatic carbocycles. The molecule has 1 heterocycles. The quantitative estimate of drug-likeness (QED) is 0.585. The first kappa shape index (κ1) is 17.2. The first-order valence-electron chi connectivity index (χ1n) is 8.49. The van der Waals surface area contributed by atoms with E-state index in [-0.39, 0.29) is 6.10 Å². The highest BCUT2D eigenvalue weighted by Gasteiger charge is 2.15. The Morgan fingerprint density at radius 2 is 1.76 bits per heavy atom. The molecule has 3 rings (SSSR count). The summed E-state index contributed by atoms with van der Waals surface area (Å²) in [7, 11) is 1.73. The van der Waals surface area contributed by atoms with E-state index >= 15 is 0 Å². The minimum Gasteiger partial charge on any atom is -0.489 e. The zero-order valence-corrected chi connectivity index (χ0v) is 14.9. The fourth-order valence-electron chi connectivity index (χ4n) is 2.86. The lowest BCUT2D eigenvalue weighted by atomic mass is 10.1. The highest BCUT2D eigenvalue weighted by atomic mass is 16.5. The maximum absolute atomic E-state index is 5.95. The fraction of sp³-hybridized carbons (Fsp3) is 0.286. The fourth-order valence-corrected chi connectivity index (χ4v) is 2.86. The Bertz CT molecular complexity index is 790. The smallest absolute Gasteiger partial charge is 0.140 e. The Morgan fingerprint density at radius 1 is 1.04 bits per heavy atom. The van der Waals surface area contributed by atoms with Gasteiger partial charge in [-0.15, -0.1) is 0 Å². The van der Waals surface area contributed by atoms with Gasteiger partial charge in [0.25, 0.3) is 0 Å². The van der Waals surface area contributed by atoms with Gasteiger partial charge in [-0.25, -0.2) is 0 Å². The van der Waals surface area contributed by atoms with Crippen molar-refractivity contribution in [1.82, 2.24) is 5.16 Å². The van der Waals surface area contributed by atoms with Crippen molar-refractivity contribution in [2.75, 3.05) is 7.11 Å². The number of hydrogen-bond acceptors (Lipinski definition) is 4. The van der Waals surface area contributed by atoms with Gasteiger partial charge in [-0.1, -0.05) is 54.5 Å². The van der Waals surface area contributed by atoms with Crippen LogP contribution in [0.4, 0.5) is 0 Å². The molecular formula is C21H23NO3. The second-order valence-corrected chi connectivity index (χ2v) is 5.92. The summed E-state index contributed by atoms with van der Waals surface area (Å²) in [5.74, 6) is 1.59. The van der Waals surface area contributed by atoms with E-state index in [1.165, 1.54) is 0 Å². The van der Waals surface area contributed by atoms with Crippen LogP contribution in [0.15, 0.2) is 59.1 Å². The third kappa shape index (κ3) is 3.91. The number of benzene rings is 2. The zero-order valence-electron chi connectivity index (χ0n) is 14.9. The third-order valence-electron chi connectivity index (χ3n) is 4.32. The van der Waals surface area contributed by atoms with Gasteiger partial charge in [-0.3, -0.25) is 0 Å². The summed E-state index contributed by atoms with van der Waals surface area (Å²) in [5.41, 5.74) is 3.99. The summed E-state index contributed by atoms with van der Waals surface area (Å²) in [4.78, 5) is 0. The van der Waals surface area contributed by atoms with E-state index in [0.29, 0.717) is 6.61 Å². The molecule has 0 amide bonds. The molecule has 1 atom stereocenters. The Kier molecular flexibility index (Phi) is 5.51. The maximum Gasteiger partial charge on any atom is 0.140 e. The SMILES string of the molecule is CCC(OC)c1ccc(OCc2c(-c3ccccc3)noc2C)cc1. The molecule has 0 N–H and O–H groups in total. The third-order valence-corrected chi connectivity index (χ3v) is 4.32. The molecule has 25 heavy (non-hydrogen) atoms. The molecule has 0 aliphatic heterocycles. The summed E-state index contributed by atoms with van der Waals surface area (Å²) in [6.07, 6.45) is 1.07. The average Bonchev–Trinajstić information content (AvgIpc) is 3.03. The van der Waals surface area contributed by atoms with Crippen LogP contribution in [0.3, 0.4) is 0 Å². The minimum atomic E-state index is 0.124. The number of rotatable bonds is 7. The van der Waals surface area contributed by atoms with Crippen molar-refractivity contribution in [1.29, 1.82) is 0 Å². The molecule has 0 spiro atoms. The van der Waals surface area contributed by atoms with E-state index in [9.17, 15) is 0 Å². The number of methoxy groups -OCH3 is 1. The van der Waals surface area contributed by atoms with Gasteiger partial charge in [0.05, 0.1) is 11.7 Å². The highest BCUT2D eigenvalue weighted by molar-refractivity contribution is 5.63. The Hall–Kier alpha value is -2.59. The molecule has 4 nitrogen and oxygen atoms in total. The minimum absolute atomic E-state index is 0.124. The van der Waals surface area contributed by atoms with E-state index in [2.05, 4.69) is 12.1 Å². The van der Waals surface area contributed by atoms with Crippen LogP contribution >= 0.6 is 0 Å². The normalized spacial score (nSPS) is 12.1. The predicted molar refractivity (Wildman–Crippen MR) is 97.5 cm³/mol. The van der Waals surface area contributed by atoms with Gasteiger partial charge in [0.1, 0.15) is 23.8 Å². The first-order valence-corrected chi connectivity index (χ1v) is 8.49. The molecule has 1 unspecified atom stereocenters. The highest BCUT2D eigenvalue weighted by Crippen LogP contribution is 2.27. The Labute approximate surface area is 148 Å². The topological polar surface area (TPSA) is 44.5 Å². The van der Waals surface area contributed by atoms with E-state index in [1.54, 1.807) is 7.11 Å². The molecule has 0 aliphatic rings. The van der Waals surface area contributed by atoms with E-state index in [1.807, 2.05) is 61.5 Å². The first-order chi connectivity index (χ1) is 12.2. The van der Waals surface area contributed by atoms with Crippen LogP contribution in [-0.2, 0) is 11.3 Å². The maximum atomic E-state index is 5.95. The van der Waals surface area contributed by atoms with Gasteiger partial charge in [0.2, 0.25) is 0 Å². The van der Waals surface area contributed by atoms with Gasteiger partial charge < -0.3 is 14.0 Å². The molecule has 0 bridgehead atoms. The van der Waals surface area contributed by atoms with Gasteiger partial charge >= 0.3 is 0 Å². The van der Waals surface area contributed by atoms with E-state index < -0.39 is 0 Å². The number of ether oxygens (including phenoxy) is 2. The van der Waals surface area contributed by atoms with Crippen molar-refractivity contribution < 1.29 is 14.0 Å². The molecule has 3 aromatic rings. The molecule has 0 radical (unpaired) electrons. The number of hydrogen-bond donors (Lipinski definition) is 0. The standard InChI is InChI=1S/C21H23NO3/c1-4-20(23-3)16-10-12-18(13-11-16)24-14-19-15(2)25-22-21(19)17-8-6-5-7-9-17/h5-13,20H,4,14H2,1-3H3. The van der Waals surface area contributed by atoms with E-state index in [0.717, 1.165) is 40.3 Å². The molecule has 1 aromatic heterocycles. The molecular weight excluding hydrogens is 314 g/mol. The lowest BCUT2D eigenvalue weighted by Gasteiger charge is -2.14. The van der Waals surface area contributed by atoms with Crippen molar-refractivity contribution >= 4 is 0 Å². The summed E-state index contributed by atoms with van der Waals surface area (Å²) in [6, 6.07) is 18.0. The lowest BCUT2D eigenvalue weighted by Crippen LogP contribution is -2.01. The average molecular weight is 337 g/mol.